The van der Waals surface area contributed by atoms with E-state index in [-0.39, 0.29) is 5.56 Å². The lowest BCUT2D eigenvalue weighted by Crippen LogP contribution is -2.18. The molecule has 0 fully saturated rings. The van der Waals surface area contributed by atoms with E-state index in [9.17, 15) is 4.79 Å². The topological polar surface area (TPSA) is 57.8 Å². The molecular formula is C13H14ClN3O. The predicted molar refractivity (Wildman–Crippen MR) is 73.1 cm³/mol. The van der Waals surface area contributed by atoms with Gasteiger partial charge in [0.25, 0.3) is 5.56 Å². The summed E-state index contributed by atoms with van der Waals surface area (Å²) in [6.45, 7) is 4.23. The minimum absolute atomic E-state index is 0.0611. The van der Waals surface area contributed by atoms with Gasteiger partial charge in [0.15, 0.2) is 0 Å². The Kier molecular flexibility index (Phi) is 3.67. The second-order valence-electron chi connectivity index (χ2n) is 4.16. The zero-order valence-electron chi connectivity index (χ0n) is 10.2. The summed E-state index contributed by atoms with van der Waals surface area (Å²) >= 11 is 5.75. The van der Waals surface area contributed by atoms with Gasteiger partial charge in [-0.05, 0) is 37.6 Å². The molecule has 2 aromatic rings. The Morgan fingerprint density at radius 2 is 2.17 bits per heavy atom. The number of H-pyrrole nitrogens is 1. The number of anilines is 1. The molecule has 2 N–H and O–H groups in total. The monoisotopic (exact) mass is 263 g/mol. The number of rotatable bonds is 3. The second-order valence-corrected chi connectivity index (χ2v) is 4.59. The quantitative estimate of drug-likeness (QED) is 0.895. The van der Waals surface area contributed by atoms with Crippen molar-refractivity contribution >= 4 is 17.4 Å². The van der Waals surface area contributed by atoms with Crippen LogP contribution >= 0.6 is 11.6 Å². The predicted octanol–water partition coefficient (Wildman–Crippen LogP) is 2.65. The van der Waals surface area contributed by atoms with E-state index in [0.29, 0.717) is 17.4 Å². The van der Waals surface area contributed by atoms with Gasteiger partial charge < -0.3 is 10.3 Å². The van der Waals surface area contributed by atoms with Gasteiger partial charge in [-0.15, -0.1) is 0 Å². The number of aromatic nitrogens is 2. The summed E-state index contributed by atoms with van der Waals surface area (Å²) in [5.74, 6) is 0.693. The van der Waals surface area contributed by atoms with Crippen LogP contribution in [-0.2, 0) is 6.54 Å². The zero-order valence-corrected chi connectivity index (χ0v) is 11.0. The van der Waals surface area contributed by atoms with Crippen molar-refractivity contribution in [1.82, 2.24) is 9.97 Å². The zero-order chi connectivity index (χ0) is 13.1. The molecule has 0 radical (unpaired) electrons. The van der Waals surface area contributed by atoms with Crippen LogP contribution < -0.4 is 10.9 Å². The molecule has 0 saturated heterocycles. The highest BCUT2D eigenvalue weighted by molar-refractivity contribution is 6.30. The fourth-order valence-electron chi connectivity index (χ4n) is 1.76. The first-order chi connectivity index (χ1) is 8.56. The van der Waals surface area contributed by atoms with Crippen LogP contribution in [0.3, 0.4) is 0 Å². The Bertz CT molecular complexity index is 605. The van der Waals surface area contributed by atoms with Crippen LogP contribution in [0, 0.1) is 13.8 Å². The molecule has 2 heterocycles. The summed E-state index contributed by atoms with van der Waals surface area (Å²) in [5, 5.41) is 3.69. The Balaban J connectivity index is 2.16. The molecule has 18 heavy (non-hydrogen) atoms. The molecule has 0 aromatic carbocycles. The van der Waals surface area contributed by atoms with Gasteiger partial charge in [0.2, 0.25) is 0 Å². The molecule has 0 atom stereocenters. The number of aromatic amines is 1. The van der Waals surface area contributed by atoms with Crippen molar-refractivity contribution < 1.29 is 0 Å². The highest BCUT2D eigenvalue weighted by atomic mass is 35.5. The minimum atomic E-state index is -0.0611. The third-order valence-corrected chi connectivity index (χ3v) is 2.89. The summed E-state index contributed by atoms with van der Waals surface area (Å²) in [7, 11) is 0. The van der Waals surface area contributed by atoms with Crippen LogP contribution in [0.2, 0.25) is 5.02 Å². The molecule has 0 aliphatic carbocycles. The molecule has 2 rings (SSSR count). The van der Waals surface area contributed by atoms with Crippen molar-refractivity contribution in [3.63, 3.8) is 0 Å². The normalized spacial score (nSPS) is 10.4. The van der Waals surface area contributed by atoms with Gasteiger partial charge in [-0.3, -0.25) is 4.79 Å². The van der Waals surface area contributed by atoms with E-state index in [2.05, 4.69) is 15.3 Å². The third kappa shape index (κ3) is 2.90. The Hall–Kier alpha value is -1.81. The number of hydrogen-bond donors (Lipinski definition) is 2. The summed E-state index contributed by atoms with van der Waals surface area (Å²) < 4.78 is 0. The molecule has 0 amide bonds. The van der Waals surface area contributed by atoms with E-state index in [1.165, 1.54) is 0 Å². The summed E-state index contributed by atoms with van der Waals surface area (Å²) in [5.41, 5.74) is 2.50. The standard InChI is InChI=1S/C13H14ClN3O/c1-8-5-9(2)17-13(18)11(8)7-16-12-4-3-10(14)6-15-12/h3-6H,7H2,1-2H3,(H,15,16)(H,17,18). The van der Waals surface area contributed by atoms with Crippen molar-refractivity contribution in [2.24, 2.45) is 0 Å². The first-order valence-corrected chi connectivity index (χ1v) is 5.99. The molecule has 0 bridgehead atoms. The first-order valence-electron chi connectivity index (χ1n) is 5.61. The van der Waals surface area contributed by atoms with Crippen LogP contribution in [0.25, 0.3) is 0 Å². The van der Waals surface area contributed by atoms with Gasteiger partial charge in [0, 0.05) is 24.0 Å². The lowest BCUT2D eigenvalue weighted by molar-refractivity contribution is 1.00. The minimum Gasteiger partial charge on any atom is -0.366 e. The lowest BCUT2D eigenvalue weighted by Gasteiger charge is -2.08. The average Bonchev–Trinajstić information content (AvgIpc) is 2.30. The molecule has 4 nitrogen and oxygen atoms in total. The maximum absolute atomic E-state index is 11.8. The van der Waals surface area contributed by atoms with Crippen molar-refractivity contribution in [2.75, 3.05) is 5.32 Å². The lowest BCUT2D eigenvalue weighted by atomic mass is 10.1. The van der Waals surface area contributed by atoms with Crippen molar-refractivity contribution in [1.29, 1.82) is 0 Å². The van der Waals surface area contributed by atoms with Gasteiger partial charge in [0.1, 0.15) is 5.82 Å². The van der Waals surface area contributed by atoms with Crippen LogP contribution in [0.1, 0.15) is 16.8 Å². The van der Waals surface area contributed by atoms with E-state index in [4.69, 9.17) is 11.6 Å². The summed E-state index contributed by atoms with van der Waals surface area (Å²) in [6.07, 6.45) is 1.57. The smallest absolute Gasteiger partial charge is 0.253 e. The van der Waals surface area contributed by atoms with Crippen LogP contribution in [0.5, 0.6) is 0 Å². The maximum Gasteiger partial charge on any atom is 0.253 e. The van der Waals surface area contributed by atoms with Gasteiger partial charge in [-0.1, -0.05) is 11.6 Å². The van der Waals surface area contributed by atoms with Crippen molar-refractivity contribution in [2.45, 2.75) is 20.4 Å². The van der Waals surface area contributed by atoms with E-state index in [1.54, 1.807) is 18.3 Å². The number of nitrogens with one attached hydrogen (secondary N) is 2. The molecule has 0 spiro atoms. The fraction of sp³-hybridized carbons (Fsp3) is 0.231. The van der Waals surface area contributed by atoms with Crippen LogP contribution in [-0.4, -0.2) is 9.97 Å². The van der Waals surface area contributed by atoms with Crippen LogP contribution in [0.4, 0.5) is 5.82 Å². The Labute approximate surface area is 110 Å². The summed E-state index contributed by atoms with van der Waals surface area (Å²) in [6, 6.07) is 5.48. The molecule has 94 valence electrons. The molecule has 5 heteroatoms. The maximum atomic E-state index is 11.8. The van der Waals surface area contributed by atoms with E-state index >= 15 is 0 Å². The number of halogens is 1. The fourth-order valence-corrected chi connectivity index (χ4v) is 1.87. The van der Waals surface area contributed by atoms with Gasteiger partial charge >= 0.3 is 0 Å². The Morgan fingerprint density at radius 1 is 1.39 bits per heavy atom. The molecule has 0 aliphatic heterocycles. The molecular weight excluding hydrogens is 250 g/mol. The number of aryl methyl sites for hydroxylation is 2. The third-order valence-electron chi connectivity index (χ3n) is 2.67. The van der Waals surface area contributed by atoms with Crippen LogP contribution in [0.15, 0.2) is 29.2 Å². The van der Waals surface area contributed by atoms with Gasteiger partial charge in [-0.25, -0.2) is 4.98 Å². The average molecular weight is 264 g/mol. The summed E-state index contributed by atoms with van der Waals surface area (Å²) in [4.78, 5) is 18.7. The van der Waals surface area contributed by atoms with E-state index in [0.717, 1.165) is 16.8 Å². The van der Waals surface area contributed by atoms with E-state index < -0.39 is 0 Å². The van der Waals surface area contributed by atoms with Crippen molar-refractivity contribution in [3.8, 4) is 0 Å². The largest absolute Gasteiger partial charge is 0.366 e. The molecule has 0 unspecified atom stereocenters. The molecule has 0 aliphatic rings. The highest BCUT2D eigenvalue weighted by Crippen LogP contribution is 2.11. The highest BCUT2D eigenvalue weighted by Gasteiger charge is 2.05. The van der Waals surface area contributed by atoms with Gasteiger partial charge in [0.05, 0.1) is 5.02 Å². The molecule has 2 aromatic heterocycles. The first kappa shape index (κ1) is 12.6. The van der Waals surface area contributed by atoms with E-state index in [1.807, 2.05) is 19.9 Å². The Morgan fingerprint density at radius 3 is 2.78 bits per heavy atom. The molecule has 0 saturated carbocycles. The number of nitrogens with zero attached hydrogens (tertiary/aromatic N) is 1. The van der Waals surface area contributed by atoms with Crippen molar-refractivity contribution in [3.05, 3.63) is 56.6 Å². The SMILES string of the molecule is Cc1cc(C)c(CNc2ccc(Cl)cn2)c(=O)[nH]1. The number of hydrogen-bond acceptors (Lipinski definition) is 3. The van der Waals surface area contributed by atoms with Gasteiger partial charge in [-0.2, -0.15) is 0 Å². The second kappa shape index (κ2) is 5.23. The number of pyridine rings is 2.